The number of aryl methyl sites for hydroxylation is 2. The molecule has 1 N–H and O–H groups in total. The Morgan fingerprint density at radius 2 is 2.18 bits per heavy atom. The van der Waals surface area contributed by atoms with Crippen LogP contribution in [-0.4, -0.2) is 28.6 Å². The average Bonchev–Trinajstić information content (AvgIpc) is 2.78. The summed E-state index contributed by atoms with van der Waals surface area (Å²) in [6.45, 7) is 7.64. The number of ether oxygens (including phenoxy) is 1. The van der Waals surface area contributed by atoms with Gasteiger partial charge in [-0.3, -0.25) is 4.68 Å². The first-order valence-electron chi connectivity index (χ1n) is 6.37. The Morgan fingerprint density at radius 3 is 2.71 bits per heavy atom. The van der Waals surface area contributed by atoms with E-state index in [-0.39, 0.29) is 5.92 Å². The van der Waals surface area contributed by atoms with Gasteiger partial charge < -0.3 is 9.84 Å². The fourth-order valence-corrected chi connectivity index (χ4v) is 1.90. The molecule has 0 aromatic carbocycles. The van der Waals surface area contributed by atoms with Crippen molar-refractivity contribution in [3.8, 4) is 0 Å². The third-order valence-corrected chi connectivity index (χ3v) is 3.14. The van der Waals surface area contributed by atoms with Crippen molar-refractivity contribution in [3.05, 3.63) is 17.5 Å². The highest BCUT2D eigenvalue weighted by Gasteiger charge is 2.20. The van der Waals surface area contributed by atoms with E-state index in [0.717, 1.165) is 30.8 Å². The highest BCUT2D eigenvalue weighted by Crippen LogP contribution is 2.25. The number of aliphatic hydroxyl groups is 1. The maximum atomic E-state index is 10.3. The van der Waals surface area contributed by atoms with Crippen molar-refractivity contribution < 1.29 is 9.84 Å². The molecule has 1 aromatic heterocycles. The van der Waals surface area contributed by atoms with E-state index in [1.165, 1.54) is 0 Å². The van der Waals surface area contributed by atoms with Crippen molar-refractivity contribution in [2.45, 2.75) is 46.3 Å². The second-order valence-corrected chi connectivity index (χ2v) is 4.43. The maximum absolute atomic E-state index is 10.3. The molecule has 0 saturated heterocycles. The Labute approximate surface area is 104 Å². The third-order valence-electron chi connectivity index (χ3n) is 3.14. The van der Waals surface area contributed by atoms with Gasteiger partial charge in [-0.25, -0.2) is 0 Å². The van der Waals surface area contributed by atoms with Crippen molar-refractivity contribution >= 4 is 0 Å². The number of methoxy groups -OCH3 is 1. The topological polar surface area (TPSA) is 47.3 Å². The molecule has 4 nitrogen and oxygen atoms in total. The van der Waals surface area contributed by atoms with Gasteiger partial charge in [0.25, 0.3) is 0 Å². The summed E-state index contributed by atoms with van der Waals surface area (Å²) in [6, 6.07) is 2.01. The molecule has 0 saturated carbocycles. The van der Waals surface area contributed by atoms with Gasteiger partial charge in [0.1, 0.15) is 0 Å². The summed E-state index contributed by atoms with van der Waals surface area (Å²) in [5, 5.41) is 14.8. The summed E-state index contributed by atoms with van der Waals surface area (Å²) < 4.78 is 6.94. The van der Waals surface area contributed by atoms with Crippen LogP contribution < -0.4 is 0 Å². The predicted molar refractivity (Wildman–Crippen MR) is 67.9 cm³/mol. The van der Waals surface area contributed by atoms with Crippen molar-refractivity contribution in [3.63, 3.8) is 0 Å². The van der Waals surface area contributed by atoms with Gasteiger partial charge in [0.15, 0.2) is 0 Å². The highest BCUT2D eigenvalue weighted by molar-refractivity contribution is 5.13. The molecule has 1 rings (SSSR count). The van der Waals surface area contributed by atoms with Crippen molar-refractivity contribution in [2.75, 3.05) is 13.7 Å². The lowest BCUT2D eigenvalue weighted by atomic mass is 9.98. The van der Waals surface area contributed by atoms with E-state index in [2.05, 4.69) is 12.0 Å². The molecule has 0 amide bonds. The van der Waals surface area contributed by atoms with E-state index in [0.29, 0.717) is 6.61 Å². The first-order valence-corrected chi connectivity index (χ1v) is 6.37. The minimum atomic E-state index is -0.460. The molecule has 0 spiro atoms. The number of nitrogens with zero attached hydrogens (tertiary/aromatic N) is 2. The first kappa shape index (κ1) is 14.2. The summed E-state index contributed by atoms with van der Waals surface area (Å²) in [7, 11) is 1.69. The van der Waals surface area contributed by atoms with Crippen LogP contribution in [0.25, 0.3) is 0 Å². The smallest absolute Gasteiger partial charge is 0.0983 e. The van der Waals surface area contributed by atoms with Gasteiger partial charge in [-0.05, 0) is 31.7 Å². The van der Waals surface area contributed by atoms with Crippen LogP contribution in [0.3, 0.4) is 0 Å². The molecule has 0 fully saturated rings. The molecule has 4 heteroatoms. The minimum Gasteiger partial charge on any atom is -0.387 e. The SMILES string of the molecule is CCc1cc(C(O)C(C)CCOC)n(CC)n1. The van der Waals surface area contributed by atoms with E-state index in [4.69, 9.17) is 4.74 Å². The summed E-state index contributed by atoms with van der Waals surface area (Å²) >= 11 is 0. The molecule has 1 heterocycles. The van der Waals surface area contributed by atoms with Crippen LogP contribution in [0.2, 0.25) is 0 Å². The molecular formula is C13H24N2O2. The summed E-state index contributed by atoms with van der Waals surface area (Å²) in [4.78, 5) is 0. The lowest BCUT2D eigenvalue weighted by Crippen LogP contribution is -2.16. The molecule has 0 radical (unpaired) electrons. The average molecular weight is 240 g/mol. The zero-order valence-corrected chi connectivity index (χ0v) is 11.3. The van der Waals surface area contributed by atoms with Crippen LogP contribution in [0.15, 0.2) is 6.07 Å². The van der Waals surface area contributed by atoms with Crippen LogP contribution in [-0.2, 0) is 17.7 Å². The lowest BCUT2D eigenvalue weighted by Gasteiger charge is -2.19. The number of rotatable bonds is 7. The monoisotopic (exact) mass is 240 g/mol. The van der Waals surface area contributed by atoms with Crippen molar-refractivity contribution in [2.24, 2.45) is 5.92 Å². The second kappa shape index (κ2) is 6.77. The molecule has 0 aliphatic heterocycles. The van der Waals surface area contributed by atoms with Crippen LogP contribution in [0.4, 0.5) is 0 Å². The van der Waals surface area contributed by atoms with Crippen LogP contribution in [0.1, 0.15) is 44.7 Å². The Bertz CT molecular complexity index is 336. The van der Waals surface area contributed by atoms with Crippen LogP contribution >= 0.6 is 0 Å². The quantitative estimate of drug-likeness (QED) is 0.794. The summed E-state index contributed by atoms with van der Waals surface area (Å²) in [5.41, 5.74) is 1.97. The Kier molecular flexibility index (Phi) is 5.65. The Balaban J connectivity index is 2.78. The molecule has 0 bridgehead atoms. The summed E-state index contributed by atoms with van der Waals surface area (Å²) in [5.74, 6) is 0.182. The first-order chi connectivity index (χ1) is 8.13. The van der Waals surface area contributed by atoms with E-state index >= 15 is 0 Å². The van der Waals surface area contributed by atoms with Gasteiger partial charge in [-0.1, -0.05) is 13.8 Å². The van der Waals surface area contributed by atoms with Crippen molar-refractivity contribution in [1.82, 2.24) is 9.78 Å². The molecule has 17 heavy (non-hydrogen) atoms. The zero-order valence-electron chi connectivity index (χ0n) is 11.3. The second-order valence-electron chi connectivity index (χ2n) is 4.43. The van der Waals surface area contributed by atoms with E-state index in [1.54, 1.807) is 7.11 Å². The van der Waals surface area contributed by atoms with Crippen molar-refractivity contribution in [1.29, 1.82) is 0 Å². The molecular weight excluding hydrogens is 216 g/mol. The maximum Gasteiger partial charge on any atom is 0.0983 e. The molecule has 98 valence electrons. The molecule has 0 aliphatic rings. The van der Waals surface area contributed by atoms with Gasteiger partial charge in [0, 0.05) is 20.3 Å². The van der Waals surface area contributed by atoms with E-state index < -0.39 is 6.10 Å². The number of hydrogen-bond donors (Lipinski definition) is 1. The van der Waals surface area contributed by atoms with Gasteiger partial charge in [-0.15, -0.1) is 0 Å². The van der Waals surface area contributed by atoms with E-state index in [1.807, 2.05) is 24.6 Å². The van der Waals surface area contributed by atoms with Gasteiger partial charge in [0.2, 0.25) is 0 Å². The fraction of sp³-hybridized carbons (Fsp3) is 0.769. The van der Waals surface area contributed by atoms with Crippen LogP contribution in [0.5, 0.6) is 0 Å². The van der Waals surface area contributed by atoms with Crippen LogP contribution in [0, 0.1) is 5.92 Å². The zero-order chi connectivity index (χ0) is 12.8. The molecule has 0 aliphatic carbocycles. The largest absolute Gasteiger partial charge is 0.387 e. The molecule has 1 aromatic rings. The normalized spacial score (nSPS) is 14.9. The third kappa shape index (κ3) is 3.54. The standard InChI is InChI=1S/C13H24N2O2/c1-5-11-9-12(15(6-2)14-11)13(16)10(3)7-8-17-4/h9-10,13,16H,5-8H2,1-4H3. The molecule has 2 unspecified atom stereocenters. The lowest BCUT2D eigenvalue weighted by molar-refractivity contribution is 0.0818. The number of aromatic nitrogens is 2. The van der Waals surface area contributed by atoms with Gasteiger partial charge in [-0.2, -0.15) is 5.10 Å². The Hall–Kier alpha value is -0.870. The van der Waals surface area contributed by atoms with Gasteiger partial charge >= 0.3 is 0 Å². The Morgan fingerprint density at radius 1 is 1.47 bits per heavy atom. The summed E-state index contributed by atoms with van der Waals surface area (Å²) in [6.07, 6.45) is 1.30. The number of hydrogen-bond acceptors (Lipinski definition) is 3. The van der Waals surface area contributed by atoms with E-state index in [9.17, 15) is 5.11 Å². The number of aliphatic hydroxyl groups excluding tert-OH is 1. The minimum absolute atomic E-state index is 0.182. The highest BCUT2D eigenvalue weighted by atomic mass is 16.5. The van der Waals surface area contributed by atoms with Gasteiger partial charge in [0.05, 0.1) is 17.5 Å². The fourth-order valence-electron chi connectivity index (χ4n) is 1.90. The predicted octanol–water partition coefficient (Wildman–Crippen LogP) is 2.17. The molecule has 2 atom stereocenters.